The highest BCUT2D eigenvalue weighted by molar-refractivity contribution is 7.99. The molecule has 2 aromatic rings. The average molecular weight is 317 g/mol. The normalized spacial score (nSPS) is 19.1. The molecule has 1 aromatic heterocycles. The van der Waals surface area contributed by atoms with Crippen LogP contribution in [0.5, 0.6) is 0 Å². The summed E-state index contributed by atoms with van der Waals surface area (Å²) in [7, 11) is 0. The Morgan fingerprint density at radius 2 is 2.18 bits per heavy atom. The van der Waals surface area contributed by atoms with Crippen molar-refractivity contribution in [3.8, 4) is 0 Å². The zero-order chi connectivity index (χ0) is 15.5. The van der Waals surface area contributed by atoms with E-state index in [4.69, 9.17) is 0 Å². The van der Waals surface area contributed by atoms with Crippen LogP contribution in [0.1, 0.15) is 19.3 Å². The van der Waals surface area contributed by atoms with Crippen LogP contribution in [0.4, 0.5) is 11.4 Å². The predicted molar refractivity (Wildman–Crippen MR) is 91.8 cm³/mol. The van der Waals surface area contributed by atoms with Gasteiger partial charge >= 0.3 is 0 Å². The van der Waals surface area contributed by atoms with E-state index in [1.165, 1.54) is 19.3 Å². The fraction of sp³-hybridized carbons (Fsp3) is 0.438. The number of thioether (sulfide) groups is 1. The Hall–Kier alpha value is -1.82. The molecule has 1 aromatic carbocycles. The lowest BCUT2D eigenvalue weighted by Crippen LogP contribution is -2.29. The van der Waals surface area contributed by atoms with E-state index in [9.17, 15) is 10.1 Å². The second-order valence-electron chi connectivity index (χ2n) is 5.58. The molecule has 3 rings (SSSR count). The van der Waals surface area contributed by atoms with Gasteiger partial charge in [-0.25, -0.2) is 0 Å². The molecule has 1 aliphatic heterocycles. The minimum Gasteiger partial charge on any atom is -0.370 e. The number of fused-ring (bicyclic) bond motifs is 1. The SMILES string of the molecule is CSC1CCCCN(c2ccc([N+](=O)[O-])c3cnccc23)C1. The van der Waals surface area contributed by atoms with Crippen molar-refractivity contribution < 1.29 is 4.92 Å². The van der Waals surface area contributed by atoms with E-state index in [2.05, 4.69) is 16.1 Å². The number of hydrogen-bond acceptors (Lipinski definition) is 5. The summed E-state index contributed by atoms with van der Waals surface area (Å²) in [6, 6.07) is 5.39. The van der Waals surface area contributed by atoms with Gasteiger partial charge in [-0.2, -0.15) is 11.8 Å². The van der Waals surface area contributed by atoms with Gasteiger partial charge in [-0.05, 0) is 31.2 Å². The standard InChI is InChI=1S/C16H19N3O2S/c1-22-12-4-2-3-9-18(11-12)15-5-6-16(19(20)21)14-10-17-8-7-13(14)15/h5-8,10,12H,2-4,9,11H2,1H3. The molecule has 0 N–H and O–H groups in total. The largest absolute Gasteiger partial charge is 0.370 e. The third-order valence-electron chi connectivity index (χ3n) is 4.27. The van der Waals surface area contributed by atoms with Gasteiger partial charge in [0.2, 0.25) is 0 Å². The average Bonchev–Trinajstić information content (AvgIpc) is 2.79. The number of pyridine rings is 1. The van der Waals surface area contributed by atoms with Gasteiger partial charge in [-0.15, -0.1) is 0 Å². The van der Waals surface area contributed by atoms with E-state index in [1.54, 1.807) is 18.5 Å². The smallest absolute Gasteiger partial charge is 0.278 e. The first-order valence-electron chi connectivity index (χ1n) is 7.49. The maximum Gasteiger partial charge on any atom is 0.278 e. The maximum atomic E-state index is 11.2. The Morgan fingerprint density at radius 3 is 2.95 bits per heavy atom. The van der Waals surface area contributed by atoms with Gasteiger partial charge in [0.25, 0.3) is 5.69 Å². The Kier molecular flexibility index (Phi) is 4.47. The van der Waals surface area contributed by atoms with Crippen LogP contribution in [0.25, 0.3) is 10.8 Å². The topological polar surface area (TPSA) is 59.3 Å². The summed E-state index contributed by atoms with van der Waals surface area (Å²) in [5.41, 5.74) is 1.21. The summed E-state index contributed by atoms with van der Waals surface area (Å²) in [4.78, 5) is 17.3. The van der Waals surface area contributed by atoms with Gasteiger partial charge in [0.1, 0.15) is 0 Å². The van der Waals surface area contributed by atoms with Crippen molar-refractivity contribution in [3.63, 3.8) is 0 Å². The van der Waals surface area contributed by atoms with Crippen molar-refractivity contribution in [2.24, 2.45) is 0 Å². The number of non-ortho nitro benzene ring substituents is 1. The fourth-order valence-electron chi connectivity index (χ4n) is 3.11. The predicted octanol–water partition coefficient (Wildman–Crippen LogP) is 3.86. The van der Waals surface area contributed by atoms with Gasteiger partial charge < -0.3 is 4.90 Å². The number of hydrogen-bond donors (Lipinski definition) is 0. The van der Waals surface area contributed by atoms with Crippen molar-refractivity contribution in [2.75, 3.05) is 24.2 Å². The molecule has 1 atom stereocenters. The third kappa shape index (κ3) is 2.88. The molecule has 1 unspecified atom stereocenters. The summed E-state index contributed by atoms with van der Waals surface area (Å²) in [5, 5.41) is 13.4. The fourth-order valence-corrected chi connectivity index (χ4v) is 3.84. The number of aromatic nitrogens is 1. The number of benzene rings is 1. The minimum absolute atomic E-state index is 0.128. The lowest BCUT2D eigenvalue weighted by molar-refractivity contribution is -0.383. The quantitative estimate of drug-likeness (QED) is 0.635. The van der Waals surface area contributed by atoms with Crippen LogP contribution in [0.2, 0.25) is 0 Å². The number of nitrogens with zero attached hydrogens (tertiary/aromatic N) is 3. The molecule has 22 heavy (non-hydrogen) atoms. The summed E-state index contributed by atoms with van der Waals surface area (Å²) < 4.78 is 0. The second-order valence-corrected chi connectivity index (χ2v) is 6.72. The van der Waals surface area contributed by atoms with Crippen LogP contribution in [0, 0.1) is 10.1 Å². The summed E-state index contributed by atoms with van der Waals surface area (Å²) in [6.07, 6.45) is 9.12. The molecule has 116 valence electrons. The van der Waals surface area contributed by atoms with Crippen LogP contribution in [0.15, 0.2) is 30.6 Å². The van der Waals surface area contributed by atoms with Crippen LogP contribution < -0.4 is 4.90 Å². The maximum absolute atomic E-state index is 11.2. The monoisotopic (exact) mass is 317 g/mol. The lowest BCUT2D eigenvalue weighted by atomic mass is 10.1. The first-order valence-corrected chi connectivity index (χ1v) is 8.78. The molecular formula is C16H19N3O2S. The summed E-state index contributed by atoms with van der Waals surface area (Å²) >= 11 is 1.91. The van der Waals surface area contributed by atoms with Crippen LogP contribution in [0.3, 0.4) is 0 Å². The highest BCUT2D eigenvalue weighted by Crippen LogP contribution is 2.34. The van der Waals surface area contributed by atoms with E-state index < -0.39 is 0 Å². The van der Waals surface area contributed by atoms with E-state index in [1.807, 2.05) is 23.9 Å². The summed E-state index contributed by atoms with van der Waals surface area (Å²) in [6.45, 7) is 2.00. The zero-order valence-corrected chi connectivity index (χ0v) is 13.4. The van der Waals surface area contributed by atoms with Gasteiger partial charge in [-0.3, -0.25) is 15.1 Å². The van der Waals surface area contributed by atoms with Crippen molar-refractivity contribution >= 4 is 33.9 Å². The zero-order valence-electron chi connectivity index (χ0n) is 12.6. The lowest BCUT2D eigenvalue weighted by Gasteiger charge is -2.27. The van der Waals surface area contributed by atoms with Gasteiger partial charge in [0, 0.05) is 47.9 Å². The first-order chi connectivity index (χ1) is 10.7. The Labute approximate surface area is 133 Å². The van der Waals surface area contributed by atoms with Gasteiger partial charge in [0.05, 0.1) is 10.3 Å². The van der Waals surface area contributed by atoms with Gasteiger partial charge in [0.15, 0.2) is 0 Å². The van der Waals surface area contributed by atoms with Gasteiger partial charge in [-0.1, -0.05) is 6.42 Å². The van der Waals surface area contributed by atoms with Crippen molar-refractivity contribution in [1.29, 1.82) is 0 Å². The molecular weight excluding hydrogens is 298 g/mol. The molecule has 1 saturated heterocycles. The second kappa shape index (κ2) is 6.52. The van der Waals surface area contributed by atoms with E-state index in [-0.39, 0.29) is 10.6 Å². The molecule has 1 fully saturated rings. The first kappa shape index (κ1) is 15.1. The number of anilines is 1. The van der Waals surface area contributed by atoms with E-state index >= 15 is 0 Å². The Balaban J connectivity index is 2.07. The van der Waals surface area contributed by atoms with Crippen LogP contribution >= 0.6 is 11.8 Å². The van der Waals surface area contributed by atoms with Crippen molar-refractivity contribution in [3.05, 3.63) is 40.7 Å². The molecule has 6 heteroatoms. The molecule has 0 bridgehead atoms. The number of nitro groups is 1. The van der Waals surface area contributed by atoms with E-state index in [0.29, 0.717) is 10.6 Å². The van der Waals surface area contributed by atoms with Crippen molar-refractivity contribution in [1.82, 2.24) is 4.98 Å². The molecule has 0 amide bonds. The molecule has 1 aliphatic rings. The molecule has 0 saturated carbocycles. The third-order valence-corrected chi connectivity index (χ3v) is 5.32. The van der Waals surface area contributed by atoms with Crippen LogP contribution in [-0.4, -0.2) is 34.5 Å². The molecule has 5 nitrogen and oxygen atoms in total. The van der Waals surface area contributed by atoms with Crippen molar-refractivity contribution in [2.45, 2.75) is 24.5 Å². The molecule has 0 aliphatic carbocycles. The van der Waals surface area contributed by atoms with E-state index in [0.717, 1.165) is 24.2 Å². The highest BCUT2D eigenvalue weighted by Gasteiger charge is 2.21. The molecule has 0 spiro atoms. The minimum atomic E-state index is -0.332. The van der Waals surface area contributed by atoms with Crippen LogP contribution in [-0.2, 0) is 0 Å². The molecule has 2 heterocycles. The highest BCUT2D eigenvalue weighted by atomic mass is 32.2. The number of nitro benzene ring substituents is 1. The Morgan fingerprint density at radius 1 is 1.32 bits per heavy atom. The molecule has 0 radical (unpaired) electrons. The number of rotatable bonds is 3. The summed E-state index contributed by atoms with van der Waals surface area (Å²) in [5.74, 6) is 0. The Bertz CT molecular complexity index is 692.